The average molecular weight is 313 g/mol. The summed E-state index contributed by atoms with van der Waals surface area (Å²) in [7, 11) is 0. The van der Waals surface area contributed by atoms with Crippen molar-refractivity contribution in [1.29, 1.82) is 0 Å². The highest BCUT2D eigenvalue weighted by Crippen LogP contribution is 2.35. The van der Waals surface area contributed by atoms with Crippen molar-refractivity contribution < 1.29 is 19.5 Å². The highest BCUT2D eigenvalue weighted by molar-refractivity contribution is 5.96. The lowest BCUT2D eigenvalue weighted by Crippen LogP contribution is -2.57. The number of ketones is 1. The van der Waals surface area contributed by atoms with E-state index in [2.05, 4.69) is 5.32 Å². The fourth-order valence-corrected chi connectivity index (χ4v) is 2.99. The Labute approximate surface area is 130 Å². The Hall–Kier alpha value is -1.47. The van der Waals surface area contributed by atoms with Crippen LogP contribution in [0.4, 0.5) is 0 Å². The molecule has 7 nitrogen and oxygen atoms in total. The van der Waals surface area contributed by atoms with Gasteiger partial charge in [-0.2, -0.15) is 0 Å². The SMILES string of the molecule is CC(C)C[C@H](N)C(=O)N[C@@H](C)C(=O)C1CCCC1(N)C(=O)O. The first-order chi connectivity index (χ1) is 10.1. The molecule has 4 atom stereocenters. The van der Waals surface area contributed by atoms with Crippen molar-refractivity contribution in [2.75, 3.05) is 0 Å². The number of nitrogens with one attached hydrogen (secondary N) is 1. The molecule has 0 spiro atoms. The molecule has 1 saturated carbocycles. The van der Waals surface area contributed by atoms with Crippen molar-refractivity contribution in [1.82, 2.24) is 5.32 Å². The van der Waals surface area contributed by atoms with Gasteiger partial charge in [0, 0.05) is 5.92 Å². The van der Waals surface area contributed by atoms with Gasteiger partial charge in [-0.25, -0.2) is 0 Å². The number of carboxylic acids is 1. The van der Waals surface area contributed by atoms with Gasteiger partial charge in [0.1, 0.15) is 5.54 Å². The number of aliphatic carboxylic acids is 1. The Morgan fingerprint density at radius 3 is 2.41 bits per heavy atom. The van der Waals surface area contributed by atoms with Crippen LogP contribution in [0.2, 0.25) is 0 Å². The summed E-state index contributed by atoms with van der Waals surface area (Å²) in [5, 5.41) is 11.8. The number of carboxylic acid groups (broad SMARTS) is 1. The van der Waals surface area contributed by atoms with Crippen molar-refractivity contribution in [2.45, 2.75) is 64.1 Å². The van der Waals surface area contributed by atoms with Crippen LogP contribution in [0.5, 0.6) is 0 Å². The van der Waals surface area contributed by atoms with Gasteiger partial charge < -0.3 is 21.9 Å². The molecule has 1 aliphatic rings. The molecule has 22 heavy (non-hydrogen) atoms. The first-order valence-electron chi connectivity index (χ1n) is 7.71. The fraction of sp³-hybridized carbons (Fsp3) is 0.800. The molecule has 0 aromatic heterocycles. The summed E-state index contributed by atoms with van der Waals surface area (Å²) >= 11 is 0. The molecular formula is C15H27N3O4. The van der Waals surface area contributed by atoms with Gasteiger partial charge in [-0.15, -0.1) is 0 Å². The summed E-state index contributed by atoms with van der Waals surface area (Å²) in [5.41, 5.74) is 10.1. The molecule has 7 heteroatoms. The molecule has 0 bridgehead atoms. The Kier molecular flexibility index (Phi) is 6.08. The fourth-order valence-electron chi connectivity index (χ4n) is 2.99. The van der Waals surface area contributed by atoms with Crippen molar-refractivity contribution in [2.24, 2.45) is 23.3 Å². The molecule has 1 rings (SSSR count). The standard InChI is InChI=1S/C15H27N3O4/c1-8(2)7-11(16)13(20)18-9(3)12(19)10-5-4-6-15(10,17)14(21)22/h8-11H,4-7,16-17H2,1-3H3,(H,18,20)(H,21,22)/t9-,10?,11-,15?/m0/s1. The van der Waals surface area contributed by atoms with Gasteiger partial charge in [-0.3, -0.25) is 14.4 Å². The minimum Gasteiger partial charge on any atom is -0.480 e. The van der Waals surface area contributed by atoms with E-state index in [1.807, 2.05) is 13.8 Å². The van der Waals surface area contributed by atoms with Crippen LogP contribution >= 0.6 is 0 Å². The highest BCUT2D eigenvalue weighted by Gasteiger charge is 2.50. The topological polar surface area (TPSA) is 136 Å². The molecule has 1 amide bonds. The summed E-state index contributed by atoms with van der Waals surface area (Å²) in [5.74, 6) is -2.41. The maximum absolute atomic E-state index is 12.4. The van der Waals surface area contributed by atoms with E-state index in [1.54, 1.807) is 6.92 Å². The molecule has 1 aliphatic carbocycles. The van der Waals surface area contributed by atoms with Gasteiger partial charge in [0.15, 0.2) is 5.78 Å². The van der Waals surface area contributed by atoms with Crippen LogP contribution in [-0.2, 0) is 14.4 Å². The number of Topliss-reactive ketones (excluding diaryl/α,β-unsaturated/α-hetero) is 1. The van der Waals surface area contributed by atoms with Crippen molar-refractivity contribution >= 4 is 17.7 Å². The minimum atomic E-state index is -1.53. The van der Waals surface area contributed by atoms with E-state index in [9.17, 15) is 19.5 Å². The Balaban J connectivity index is 2.69. The van der Waals surface area contributed by atoms with E-state index in [0.29, 0.717) is 19.3 Å². The second-order valence-electron chi connectivity index (χ2n) is 6.66. The summed E-state index contributed by atoms with van der Waals surface area (Å²) in [6.07, 6.45) is 1.81. The van der Waals surface area contributed by atoms with Gasteiger partial charge in [0.2, 0.25) is 5.91 Å². The van der Waals surface area contributed by atoms with Crippen LogP contribution in [0, 0.1) is 11.8 Å². The Morgan fingerprint density at radius 2 is 1.91 bits per heavy atom. The van der Waals surface area contributed by atoms with Crippen LogP contribution in [0.15, 0.2) is 0 Å². The Morgan fingerprint density at radius 1 is 1.32 bits per heavy atom. The van der Waals surface area contributed by atoms with Gasteiger partial charge in [-0.05, 0) is 32.1 Å². The van der Waals surface area contributed by atoms with E-state index in [1.165, 1.54) is 0 Å². The first-order valence-corrected chi connectivity index (χ1v) is 7.71. The first kappa shape index (κ1) is 18.6. The highest BCUT2D eigenvalue weighted by atomic mass is 16.4. The monoisotopic (exact) mass is 313 g/mol. The number of carbonyl (C=O) groups excluding carboxylic acids is 2. The molecule has 0 aromatic rings. The largest absolute Gasteiger partial charge is 0.480 e. The van der Waals surface area contributed by atoms with E-state index < -0.39 is 35.4 Å². The maximum atomic E-state index is 12.4. The quantitative estimate of drug-likeness (QED) is 0.523. The summed E-state index contributed by atoms with van der Waals surface area (Å²) in [6.45, 7) is 5.45. The van der Waals surface area contributed by atoms with Gasteiger partial charge in [-0.1, -0.05) is 20.3 Å². The van der Waals surface area contributed by atoms with E-state index in [-0.39, 0.29) is 18.1 Å². The molecule has 0 aromatic carbocycles. The minimum absolute atomic E-state index is 0.269. The van der Waals surface area contributed by atoms with Gasteiger partial charge >= 0.3 is 5.97 Å². The van der Waals surface area contributed by atoms with Crippen LogP contribution in [0.3, 0.4) is 0 Å². The van der Waals surface area contributed by atoms with Crippen LogP contribution < -0.4 is 16.8 Å². The molecule has 2 unspecified atom stereocenters. The third-order valence-electron chi connectivity index (χ3n) is 4.29. The molecule has 0 heterocycles. The lowest BCUT2D eigenvalue weighted by molar-refractivity contribution is -0.148. The molecule has 6 N–H and O–H groups in total. The van der Waals surface area contributed by atoms with E-state index >= 15 is 0 Å². The van der Waals surface area contributed by atoms with Gasteiger partial charge in [0.25, 0.3) is 0 Å². The second-order valence-corrected chi connectivity index (χ2v) is 6.66. The third-order valence-corrected chi connectivity index (χ3v) is 4.29. The lowest BCUT2D eigenvalue weighted by Gasteiger charge is -2.28. The number of nitrogens with two attached hydrogens (primary N) is 2. The number of hydrogen-bond donors (Lipinski definition) is 4. The zero-order valence-corrected chi connectivity index (χ0v) is 13.5. The second kappa shape index (κ2) is 7.19. The van der Waals surface area contributed by atoms with Crippen LogP contribution in [-0.4, -0.2) is 40.4 Å². The van der Waals surface area contributed by atoms with Crippen LogP contribution in [0.1, 0.15) is 46.5 Å². The molecule has 0 saturated heterocycles. The number of carbonyl (C=O) groups is 3. The number of hydrogen-bond acceptors (Lipinski definition) is 5. The van der Waals surface area contributed by atoms with Crippen LogP contribution in [0.25, 0.3) is 0 Å². The lowest BCUT2D eigenvalue weighted by atomic mass is 9.82. The predicted molar refractivity (Wildman–Crippen MR) is 81.9 cm³/mol. The normalized spacial score (nSPS) is 27.5. The van der Waals surface area contributed by atoms with E-state index in [0.717, 1.165) is 0 Å². The number of rotatable bonds is 7. The smallest absolute Gasteiger partial charge is 0.324 e. The molecule has 0 aliphatic heterocycles. The summed E-state index contributed by atoms with van der Waals surface area (Å²) < 4.78 is 0. The zero-order valence-electron chi connectivity index (χ0n) is 13.5. The molecule has 126 valence electrons. The molecule has 1 fully saturated rings. The Bertz CT molecular complexity index is 452. The zero-order chi connectivity index (χ0) is 17.1. The van der Waals surface area contributed by atoms with Crippen molar-refractivity contribution in [3.8, 4) is 0 Å². The van der Waals surface area contributed by atoms with E-state index in [4.69, 9.17) is 11.5 Å². The molecular weight excluding hydrogens is 286 g/mol. The maximum Gasteiger partial charge on any atom is 0.324 e. The third kappa shape index (κ3) is 4.04. The summed E-state index contributed by atoms with van der Waals surface area (Å²) in [6, 6.07) is -1.47. The van der Waals surface area contributed by atoms with Gasteiger partial charge in [0.05, 0.1) is 12.1 Å². The predicted octanol–water partition coefficient (Wildman–Crippen LogP) is 0.0158. The van der Waals surface area contributed by atoms with Crippen molar-refractivity contribution in [3.63, 3.8) is 0 Å². The average Bonchev–Trinajstić information content (AvgIpc) is 2.80. The molecule has 0 radical (unpaired) electrons. The number of amides is 1. The van der Waals surface area contributed by atoms with Crippen molar-refractivity contribution in [3.05, 3.63) is 0 Å². The summed E-state index contributed by atoms with van der Waals surface area (Å²) in [4.78, 5) is 35.7.